The average Bonchev–Trinajstić information content (AvgIpc) is 2.37. The molecule has 1 aromatic heterocycles. The third-order valence-corrected chi connectivity index (χ3v) is 3.63. The number of hydrogen-bond acceptors (Lipinski definition) is 4. The first-order valence-electron chi connectivity index (χ1n) is 5.19. The standard InChI is InChI=1S/C12H12ClN3S/c13-10-4-1-3-9(7-10)11(8-14)17-12-15-5-2-6-16-12/h1-7,11H,8,14H2. The van der Waals surface area contributed by atoms with Crippen LogP contribution in [0.3, 0.4) is 0 Å². The first-order chi connectivity index (χ1) is 8.29. The molecule has 2 aromatic rings. The molecule has 0 saturated heterocycles. The zero-order valence-corrected chi connectivity index (χ0v) is 10.7. The average molecular weight is 266 g/mol. The topological polar surface area (TPSA) is 51.8 Å². The maximum absolute atomic E-state index is 5.97. The summed E-state index contributed by atoms with van der Waals surface area (Å²) in [6.45, 7) is 0.517. The lowest BCUT2D eigenvalue weighted by Gasteiger charge is -2.13. The summed E-state index contributed by atoms with van der Waals surface area (Å²) in [7, 11) is 0. The van der Waals surface area contributed by atoms with Crippen molar-refractivity contribution in [2.45, 2.75) is 10.4 Å². The Labute approximate surface area is 109 Å². The van der Waals surface area contributed by atoms with Gasteiger partial charge in [0.2, 0.25) is 0 Å². The highest BCUT2D eigenvalue weighted by atomic mass is 35.5. The summed E-state index contributed by atoms with van der Waals surface area (Å²) in [5, 5.41) is 1.56. The van der Waals surface area contributed by atoms with Gasteiger partial charge in [-0.05, 0) is 23.8 Å². The molecule has 2 N–H and O–H groups in total. The molecule has 0 radical (unpaired) electrons. The molecule has 0 bridgehead atoms. The van der Waals surface area contributed by atoms with Gasteiger partial charge >= 0.3 is 0 Å². The van der Waals surface area contributed by atoms with Crippen LogP contribution in [0.2, 0.25) is 5.02 Å². The second kappa shape index (κ2) is 6.00. The van der Waals surface area contributed by atoms with E-state index in [1.165, 1.54) is 0 Å². The van der Waals surface area contributed by atoms with Crippen molar-refractivity contribution < 1.29 is 0 Å². The molecule has 0 spiro atoms. The van der Waals surface area contributed by atoms with Crippen molar-refractivity contribution in [2.75, 3.05) is 6.54 Å². The van der Waals surface area contributed by atoms with E-state index >= 15 is 0 Å². The van der Waals surface area contributed by atoms with Crippen LogP contribution in [-0.2, 0) is 0 Å². The second-order valence-electron chi connectivity index (χ2n) is 3.43. The van der Waals surface area contributed by atoms with Gasteiger partial charge in [-0.15, -0.1) is 0 Å². The van der Waals surface area contributed by atoms with Crippen LogP contribution in [-0.4, -0.2) is 16.5 Å². The Morgan fingerprint density at radius 2 is 2.00 bits per heavy atom. The van der Waals surface area contributed by atoms with Crippen molar-refractivity contribution in [3.8, 4) is 0 Å². The van der Waals surface area contributed by atoms with E-state index in [1.807, 2.05) is 24.3 Å². The number of benzene rings is 1. The fourth-order valence-corrected chi connectivity index (χ4v) is 2.51. The lowest BCUT2D eigenvalue weighted by Crippen LogP contribution is -2.09. The molecule has 1 heterocycles. The molecule has 3 nitrogen and oxygen atoms in total. The number of halogens is 1. The smallest absolute Gasteiger partial charge is 0.188 e. The summed E-state index contributed by atoms with van der Waals surface area (Å²) in [5.41, 5.74) is 6.88. The van der Waals surface area contributed by atoms with E-state index in [9.17, 15) is 0 Å². The Morgan fingerprint density at radius 1 is 1.24 bits per heavy atom. The normalized spacial score (nSPS) is 12.4. The summed E-state index contributed by atoms with van der Waals surface area (Å²) >= 11 is 7.51. The van der Waals surface area contributed by atoms with Crippen LogP contribution in [0, 0.1) is 0 Å². The molecular weight excluding hydrogens is 254 g/mol. The number of hydrogen-bond donors (Lipinski definition) is 1. The molecular formula is C12H12ClN3S. The zero-order chi connectivity index (χ0) is 12.1. The van der Waals surface area contributed by atoms with Gasteiger partial charge in [0.1, 0.15) is 0 Å². The molecule has 5 heteroatoms. The largest absolute Gasteiger partial charge is 0.329 e. The van der Waals surface area contributed by atoms with E-state index < -0.39 is 0 Å². The lowest BCUT2D eigenvalue weighted by molar-refractivity contribution is 0.909. The monoisotopic (exact) mass is 265 g/mol. The van der Waals surface area contributed by atoms with Gasteiger partial charge in [-0.1, -0.05) is 35.5 Å². The fourth-order valence-electron chi connectivity index (χ4n) is 1.43. The molecule has 1 unspecified atom stereocenters. The zero-order valence-electron chi connectivity index (χ0n) is 9.08. The first kappa shape index (κ1) is 12.4. The van der Waals surface area contributed by atoms with Gasteiger partial charge in [-0.25, -0.2) is 9.97 Å². The van der Waals surface area contributed by atoms with Crippen molar-refractivity contribution in [1.82, 2.24) is 9.97 Å². The summed E-state index contributed by atoms with van der Waals surface area (Å²) in [4.78, 5) is 8.36. The van der Waals surface area contributed by atoms with Crippen LogP contribution in [0.25, 0.3) is 0 Å². The highest BCUT2D eigenvalue weighted by molar-refractivity contribution is 7.99. The fraction of sp³-hybridized carbons (Fsp3) is 0.167. The van der Waals surface area contributed by atoms with E-state index in [1.54, 1.807) is 30.2 Å². The second-order valence-corrected chi connectivity index (χ2v) is 5.03. The molecule has 1 atom stereocenters. The van der Waals surface area contributed by atoms with Gasteiger partial charge in [-0.2, -0.15) is 0 Å². The molecule has 88 valence electrons. The highest BCUT2D eigenvalue weighted by Crippen LogP contribution is 2.32. The molecule has 0 aliphatic carbocycles. The predicted molar refractivity (Wildman–Crippen MR) is 71.1 cm³/mol. The van der Waals surface area contributed by atoms with Crippen molar-refractivity contribution in [1.29, 1.82) is 0 Å². The Hall–Kier alpha value is -1.10. The minimum Gasteiger partial charge on any atom is -0.329 e. The number of thioether (sulfide) groups is 1. The number of aromatic nitrogens is 2. The van der Waals surface area contributed by atoms with Crippen LogP contribution in [0.5, 0.6) is 0 Å². The van der Waals surface area contributed by atoms with E-state index in [-0.39, 0.29) is 5.25 Å². The number of nitrogens with two attached hydrogens (primary N) is 1. The van der Waals surface area contributed by atoms with Gasteiger partial charge in [0.15, 0.2) is 5.16 Å². The third kappa shape index (κ3) is 3.43. The van der Waals surface area contributed by atoms with Gasteiger partial charge in [0, 0.05) is 29.2 Å². The van der Waals surface area contributed by atoms with Crippen LogP contribution in [0.1, 0.15) is 10.8 Å². The van der Waals surface area contributed by atoms with Gasteiger partial charge < -0.3 is 5.73 Å². The molecule has 0 aliphatic heterocycles. The van der Waals surface area contributed by atoms with Crippen LogP contribution in [0.4, 0.5) is 0 Å². The number of rotatable bonds is 4. The van der Waals surface area contributed by atoms with Gasteiger partial charge in [-0.3, -0.25) is 0 Å². The van der Waals surface area contributed by atoms with Crippen LogP contribution in [0.15, 0.2) is 47.9 Å². The molecule has 0 saturated carbocycles. The summed E-state index contributed by atoms with van der Waals surface area (Å²) < 4.78 is 0. The minimum absolute atomic E-state index is 0.121. The Kier molecular flexibility index (Phi) is 4.36. The molecule has 0 aliphatic rings. The molecule has 0 fully saturated rings. The van der Waals surface area contributed by atoms with Gasteiger partial charge in [0.05, 0.1) is 0 Å². The van der Waals surface area contributed by atoms with Crippen molar-refractivity contribution in [2.24, 2.45) is 5.73 Å². The summed E-state index contributed by atoms with van der Waals surface area (Å²) in [5.74, 6) is 0. The highest BCUT2D eigenvalue weighted by Gasteiger charge is 2.13. The van der Waals surface area contributed by atoms with Crippen molar-refractivity contribution in [3.63, 3.8) is 0 Å². The Morgan fingerprint density at radius 3 is 2.65 bits per heavy atom. The maximum Gasteiger partial charge on any atom is 0.188 e. The van der Waals surface area contributed by atoms with Crippen molar-refractivity contribution >= 4 is 23.4 Å². The predicted octanol–water partition coefficient (Wildman–Crippen LogP) is 2.92. The first-order valence-corrected chi connectivity index (χ1v) is 6.44. The van der Waals surface area contributed by atoms with Crippen molar-refractivity contribution in [3.05, 3.63) is 53.3 Å². The quantitative estimate of drug-likeness (QED) is 0.682. The van der Waals surface area contributed by atoms with E-state index in [4.69, 9.17) is 17.3 Å². The molecule has 0 amide bonds. The van der Waals surface area contributed by atoms with E-state index in [2.05, 4.69) is 9.97 Å². The number of nitrogens with zero attached hydrogens (tertiary/aromatic N) is 2. The molecule has 2 rings (SSSR count). The van der Waals surface area contributed by atoms with Crippen LogP contribution < -0.4 is 5.73 Å². The van der Waals surface area contributed by atoms with Gasteiger partial charge in [0.25, 0.3) is 0 Å². The van der Waals surface area contributed by atoms with E-state index in [0.29, 0.717) is 6.54 Å². The summed E-state index contributed by atoms with van der Waals surface area (Å²) in [6, 6.07) is 9.50. The van der Waals surface area contributed by atoms with Crippen LogP contribution >= 0.6 is 23.4 Å². The maximum atomic E-state index is 5.97. The molecule has 1 aromatic carbocycles. The van der Waals surface area contributed by atoms with E-state index in [0.717, 1.165) is 15.7 Å². The SMILES string of the molecule is NCC(Sc1ncccn1)c1cccc(Cl)c1. The minimum atomic E-state index is 0.121. The Bertz CT molecular complexity index is 478. The third-order valence-electron chi connectivity index (χ3n) is 2.22. The Balaban J connectivity index is 2.17. The lowest BCUT2D eigenvalue weighted by atomic mass is 10.1. The summed E-state index contributed by atoms with van der Waals surface area (Å²) in [6.07, 6.45) is 3.45. The molecule has 17 heavy (non-hydrogen) atoms.